The lowest BCUT2D eigenvalue weighted by molar-refractivity contribution is -0.177. The van der Waals surface area contributed by atoms with Crippen molar-refractivity contribution in [1.29, 1.82) is 0 Å². The summed E-state index contributed by atoms with van der Waals surface area (Å²) in [5.41, 5.74) is -0.221. The average molecular weight is 483 g/mol. The maximum Gasteiger partial charge on any atom is 0.401 e. The van der Waals surface area contributed by atoms with Crippen LogP contribution in [0.3, 0.4) is 0 Å². The molecule has 1 N–H and O–H groups in total. The normalized spacial score (nSPS) is 19.6. The fourth-order valence-electron chi connectivity index (χ4n) is 2.77. The Morgan fingerprint density at radius 2 is 1.78 bits per heavy atom. The van der Waals surface area contributed by atoms with Crippen molar-refractivity contribution >= 4 is 50.8 Å². The maximum absolute atomic E-state index is 13.8. The largest absolute Gasteiger partial charge is 0.478 e. The minimum atomic E-state index is -4.67. The molecule has 0 amide bonds. The second kappa shape index (κ2) is 7.33. The fraction of sp³-hybridized carbons (Fsp3) is 0.176. The highest BCUT2D eigenvalue weighted by Crippen LogP contribution is 2.45. The van der Waals surface area contributed by atoms with Crippen LogP contribution in [0.15, 0.2) is 46.0 Å². The molecule has 0 aliphatic carbocycles. The molecule has 3 rings (SSSR count). The summed E-state index contributed by atoms with van der Waals surface area (Å²) in [6.45, 7) is 0. The summed E-state index contributed by atoms with van der Waals surface area (Å²) in [5.74, 6) is -3.29. The minimum Gasteiger partial charge on any atom is -0.478 e. The summed E-state index contributed by atoms with van der Waals surface area (Å²) in [5, 5.41) is 13.0. The average Bonchev–Trinajstić information content (AvgIpc) is 2.98. The first kappa shape index (κ1) is 20.0. The van der Waals surface area contributed by atoms with Gasteiger partial charge < -0.3 is 9.94 Å². The lowest BCUT2D eigenvalue weighted by atomic mass is 9.88. The van der Waals surface area contributed by atoms with Gasteiger partial charge in [-0.25, -0.2) is 4.79 Å². The van der Waals surface area contributed by atoms with E-state index in [0.717, 1.165) is 0 Å². The molecular weight excluding hydrogens is 474 g/mol. The van der Waals surface area contributed by atoms with Gasteiger partial charge in [0.25, 0.3) is 0 Å². The number of oxime groups is 1. The summed E-state index contributed by atoms with van der Waals surface area (Å²) in [6.07, 6.45) is -6.14. The molecule has 142 valence electrons. The zero-order chi connectivity index (χ0) is 19.9. The summed E-state index contributed by atoms with van der Waals surface area (Å²) in [4.78, 5) is 16.2. The van der Waals surface area contributed by atoms with Crippen LogP contribution < -0.4 is 0 Å². The van der Waals surface area contributed by atoms with Crippen LogP contribution in [0, 0.1) is 5.92 Å². The molecule has 0 saturated carbocycles. The SMILES string of the molecule is O=C(O)c1ccc(C2=NOC(c3cc(Cl)cc(Cl)c3)C2C(F)(F)F)cc1Br. The smallest absolute Gasteiger partial charge is 0.401 e. The van der Waals surface area contributed by atoms with Gasteiger partial charge in [0.15, 0.2) is 6.10 Å². The van der Waals surface area contributed by atoms with Crippen molar-refractivity contribution in [1.82, 2.24) is 0 Å². The van der Waals surface area contributed by atoms with Gasteiger partial charge in [-0.15, -0.1) is 0 Å². The topological polar surface area (TPSA) is 58.9 Å². The molecule has 0 fully saturated rings. The van der Waals surface area contributed by atoms with Crippen LogP contribution in [-0.2, 0) is 4.84 Å². The van der Waals surface area contributed by atoms with E-state index >= 15 is 0 Å². The van der Waals surface area contributed by atoms with Crippen molar-refractivity contribution in [2.24, 2.45) is 11.1 Å². The molecule has 0 spiro atoms. The predicted molar refractivity (Wildman–Crippen MR) is 97.5 cm³/mol. The lowest BCUT2D eigenvalue weighted by Crippen LogP contribution is -2.33. The van der Waals surface area contributed by atoms with E-state index in [2.05, 4.69) is 21.1 Å². The van der Waals surface area contributed by atoms with E-state index in [-0.39, 0.29) is 36.9 Å². The fourth-order valence-corrected chi connectivity index (χ4v) is 3.87. The van der Waals surface area contributed by atoms with E-state index in [1.165, 1.54) is 36.4 Å². The zero-order valence-electron chi connectivity index (χ0n) is 13.1. The molecule has 27 heavy (non-hydrogen) atoms. The highest BCUT2D eigenvalue weighted by molar-refractivity contribution is 9.10. The number of hydrogen-bond donors (Lipinski definition) is 1. The molecule has 0 bridgehead atoms. The molecule has 10 heteroatoms. The Kier molecular flexibility index (Phi) is 5.42. The van der Waals surface area contributed by atoms with Crippen LogP contribution in [0.25, 0.3) is 0 Å². The van der Waals surface area contributed by atoms with E-state index in [0.29, 0.717) is 0 Å². The van der Waals surface area contributed by atoms with E-state index in [9.17, 15) is 18.0 Å². The molecule has 4 nitrogen and oxygen atoms in total. The monoisotopic (exact) mass is 481 g/mol. The van der Waals surface area contributed by atoms with Gasteiger partial charge in [0.05, 0.1) is 5.56 Å². The standard InChI is InChI=1S/C17H9BrCl2F3NO3/c18-12-5-7(1-2-11(12)16(25)26)14-13(17(21,22)23)15(27-24-14)8-3-9(19)6-10(20)4-8/h1-6,13,15H,(H,25,26). The molecule has 2 unspecified atom stereocenters. The molecule has 0 radical (unpaired) electrons. The minimum absolute atomic E-state index is 0.0833. The Labute approximate surface area is 169 Å². The molecule has 1 aliphatic heterocycles. The third kappa shape index (κ3) is 4.07. The number of carboxylic acid groups (broad SMARTS) is 1. The van der Waals surface area contributed by atoms with Crippen molar-refractivity contribution in [2.75, 3.05) is 0 Å². The first-order chi connectivity index (χ1) is 12.6. The van der Waals surface area contributed by atoms with E-state index in [4.69, 9.17) is 33.1 Å². The Morgan fingerprint density at radius 3 is 2.30 bits per heavy atom. The third-order valence-electron chi connectivity index (χ3n) is 3.92. The summed E-state index contributed by atoms with van der Waals surface area (Å²) in [6, 6.07) is 7.77. The van der Waals surface area contributed by atoms with Gasteiger partial charge in [-0.2, -0.15) is 13.2 Å². The zero-order valence-corrected chi connectivity index (χ0v) is 16.2. The van der Waals surface area contributed by atoms with Gasteiger partial charge in [0.1, 0.15) is 11.6 Å². The number of rotatable bonds is 3. The van der Waals surface area contributed by atoms with Gasteiger partial charge in [-0.05, 0) is 51.8 Å². The number of alkyl halides is 3. The number of aromatic carboxylic acids is 1. The quantitative estimate of drug-likeness (QED) is 0.574. The highest BCUT2D eigenvalue weighted by atomic mass is 79.9. The molecule has 1 aliphatic rings. The van der Waals surface area contributed by atoms with Gasteiger partial charge in [-0.1, -0.05) is 34.4 Å². The first-order valence-electron chi connectivity index (χ1n) is 7.37. The Hall–Kier alpha value is -1.77. The van der Waals surface area contributed by atoms with Gasteiger partial charge >= 0.3 is 12.1 Å². The Bertz CT molecular complexity index is 929. The summed E-state index contributed by atoms with van der Waals surface area (Å²) in [7, 11) is 0. The van der Waals surface area contributed by atoms with E-state index in [1.807, 2.05) is 0 Å². The van der Waals surface area contributed by atoms with E-state index in [1.54, 1.807) is 0 Å². The van der Waals surface area contributed by atoms with Crippen molar-refractivity contribution in [3.8, 4) is 0 Å². The molecule has 2 aromatic carbocycles. The number of benzene rings is 2. The number of halogens is 6. The van der Waals surface area contributed by atoms with Crippen LogP contribution in [0.4, 0.5) is 13.2 Å². The van der Waals surface area contributed by atoms with Crippen molar-refractivity contribution < 1.29 is 27.9 Å². The second-order valence-electron chi connectivity index (χ2n) is 5.72. The van der Waals surface area contributed by atoms with Gasteiger partial charge in [-0.3, -0.25) is 0 Å². The number of nitrogens with zero attached hydrogens (tertiary/aromatic N) is 1. The van der Waals surface area contributed by atoms with Crippen molar-refractivity contribution in [2.45, 2.75) is 12.3 Å². The van der Waals surface area contributed by atoms with Crippen LogP contribution in [0.5, 0.6) is 0 Å². The number of carbonyl (C=O) groups is 1. The maximum atomic E-state index is 13.8. The number of hydrogen-bond acceptors (Lipinski definition) is 3. The number of carboxylic acids is 1. The second-order valence-corrected chi connectivity index (χ2v) is 7.45. The van der Waals surface area contributed by atoms with Crippen LogP contribution in [-0.4, -0.2) is 23.0 Å². The van der Waals surface area contributed by atoms with Gasteiger partial charge in [0.2, 0.25) is 0 Å². The van der Waals surface area contributed by atoms with E-state index < -0.39 is 24.2 Å². The van der Waals surface area contributed by atoms with Crippen LogP contribution in [0.2, 0.25) is 10.0 Å². The molecular formula is C17H9BrCl2F3NO3. The highest BCUT2D eigenvalue weighted by Gasteiger charge is 2.53. The Balaban J connectivity index is 2.04. The van der Waals surface area contributed by atoms with Crippen molar-refractivity contribution in [3.63, 3.8) is 0 Å². The van der Waals surface area contributed by atoms with Crippen molar-refractivity contribution in [3.05, 3.63) is 67.6 Å². The summed E-state index contributed by atoms with van der Waals surface area (Å²) >= 11 is 14.8. The third-order valence-corrected chi connectivity index (χ3v) is 5.02. The molecule has 0 aromatic heterocycles. The predicted octanol–water partition coefficient (Wildman–Crippen LogP) is 6.11. The van der Waals surface area contributed by atoms with Crippen LogP contribution in [0.1, 0.15) is 27.6 Å². The molecule has 0 saturated heterocycles. The van der Waals surface area contributed by atoms with Crippen LogP contribution >= 0.6 is 39.1 Å². The molecule has 1 heterocycles. The molecule has 2 atom stereocenters. The first-order valence-corrected chi connectivity index (χ1v) is 8.92. The summed E-state index contributed by atoms with van der Waals surface area (Å²) < 4.78 is 41.6. The Morgan fingerprint density at radius 1 is 1.15 bits per heavy atom. The van der Waals surface area contributed by atoms with Gasteiger partial charge in [0, 0.05) is 20.1 Å². The lowest BCUT2D eigenvalue weighted by Gasteiger charge is -2.22. The molecule has 2 aromatic rings.